The van der Waals surface area contributed by atoms with Gasteiger partial charge in [-0.1, -0.05) is 26.7 Å². The van der Waals surface area contributed by atoms with E-state index < -0.39 is 0 Å². The molecule has 0 unspecified atom stereocenters. The monoisotopic (exact) mass is 239 g/mol. The number of hydrogen-bond acceptors (Lipinski definition) is 2. The zero-order valence-electron chi connectivity index (χ0n) is 10.9. The SMILES string of the molecule is CCOc1cc(F)ccc1NCC(CC)CC. The molecule has 0 heterocycles. The van der Waals surface area contributed by atoms with Crippen molar-refractivity contribution in [2.45, 2.75) is 33.6 Å². The summed E-state index contributed by atoms with van der Waals surface area (Å²) in [6.45, 7) is 7.71. The van der Waals surface area contributed by atoms with Gasteiger partial charge in [0.1, 0.15) is 11.6 Å². The predicted octanol–water partition coefficient (Wildman–Crippen LogP) is 4.07. The second-order valence-corrected chi connectivity index (χ2v) is 4.14. The summed E-state index contributed by atoms with van der Waals surface area (Å²) in [4.78, 5) is 0. The Hall–Kier alpha value is -1.25. The molecule has 0 aliphatic heterocycles. The molecule has 1 aromatic rings. The molecule has 0 atom stereocenters. The molecule has 0 amide bonds. The van der Waals surface area contributed by atoms with E-state index >= 15 is 0 Å². The lowest BCUT2D eigenvalue weighted by Gasteiger charge is -2.16. The highest BCUT2D eigenvalue weighted by molar-refractivity contribution is 5.56. The molecule has 0 radical (unpaired) electrons. The van der Waals surface area contributed by atoms with Crippen molar-refractivity contribution < 1.29 is 9.13 Å². The quantitative estimate of drug-likeness (QED) is 0.774. The molecule has 1 aromatic carbocycles. The third kappa shape index (κ3) is 4.25. The highest BCUT2D eigenvalue weighted by Crippen LogP contribution is 2.26. The van der Waals surface area contributed by atoms with Crippen LogP contribution in [0.25, 0.3) is 0 Å². The maximum atomic E-state index is 13.1. The van der Waals surface area contributed by atoms with Gasteiger partial charge in [0.15, 0.2) is 0 Å². The highest BCUT2D eigenvalue weighted by atomic mass is 19.1. The van der Waals surface area contributed by atoms with Gasteiger partial charge in [-0.3, -0.25) is 0 Å². The van der Waals surface area contributed by atoms with E-state index in [9.17, 15) is 4.39 Å². The standard InChI is InChI=1S/C14H22FNO/c1-4-11(5-2)10-16-13-8-7-12(15)9-14(13)17-6-3/h7-9,11,16H,4-6,10H2,1-3H3. The molecule has 0 saturated carbocycles. The molecule has 3 heteroatoms. The van der Waals surface area contributed by atoms with E-state index in [1.54, 1.807) is 6.07 Å². The van der Waals surface area contributed by atoms with Crippen molar-refractivity contribution in [3.05, 3.63) is 24.0 Å². The normalized spacial score (nSPS) is 10.6. The number of rotatable bonds is 7. The minimum atomic E-state index is -0.262. The molecule has 0 bridgehead atoms. The van der Waals surface area contributed by atoms with Gasteiger partial charge in [0.05, 0.1) is 12.3 Å². The number of nitrogens with one attached hydrogen (secondary N) is 1. The molecule has 0 aliphatic carbocycles. The van der Waals surface area contributed by atoms with Crippen LogP contribution in [0.5, 0.6) is 5.75 Å². The van der Waals surface area contributed by atoms with E-state index in [0.717, 1.165) is 25.1 Å². The Balaban J connectivity index is 2.68. The predicted molar refractivity (Wildman–Crippen MR) is 70.1 cm³/mol. The zero-order valence-corrected chi connectivity index (χ0v) is 10.9. The number of benzene rings is 1. The first-order chi connectivity index (χ1) is 8.21. The molecule has 1 N–H and O–H groups in total. The first-order valence-electron chi connectivity index (χ1n) is 6.37. The average Bonchev–Trinajstić information content (AvgIpc) is 2.33. The third-order valence-corrected chi connectivity index (χ3v) is 2.98. The lowest BCUT2D eigenvalue weighted by Crippen LogP contribution is -2.13. The Bertz CT molecular complexity index is 337. The van der Waals surface area contributed by atoms with Crippen molar-refractivity contribution in [1.29, 1.82) is 0 Å². The molecule has 0 fully saturated rings. The maximum Gasteiger partial charge on any atom is 0.145 e. The Morgan fingerprint density at radius 1 is 1.24 bits per heavy atom. The summed E-state index contributed by atoms with van der Waals surface area (Å²) in [7, 11) is 0. The Labute approximate surface area is 103 Å². The molecule has 0 aromatic heterocycles. The van der Waals surface area contributed by atoms with Crippen molar-refractivity contribution in [3.63, 3.8) is 0 Å². The van der Waals surface area contributed by atoms with Gasteiger partial charge in [-0.2, -0.15) is 0 Å². The fourth-order valence-electron chi connectivity index (χ4n) is 1.75. The Kier molecular flexibility index (Phi) is 5.81. The summed E-state index contributed by atoms with van der Waals surface area (Å²) < 4.78 is 18.5. The van der Waals surface area contributed by atoms with Crippen molar-refractivity contribution >= 4 is 5.69 Å². The average molecular weight is 239 g/mol. The van der Waals surface area contributed by atoms with Crippen LogP contribution >= 0.6 is 0 Å². The van der Waals surface area contributed by atoms with Crippen molar-refractivity contribution in [2.75, 3.05) is 18.5 Å². The van der Waals surface area contributed by atoms with E-state index in [0.29, 0.717) is 18.3 Å². The number of halogens is 1. The van der Waals surface area contributed by atoms with Crippen LogP contribution in [0.4, 0.5) is 10.1 Å². The van der Waals surface area contributed by atoms with Gasteiger partial charge in [-0.15, -0.1) is 0 Å². The molecular weight excluding hydrogens is 217 g/mol. The molecular formula is C14H22FNO. The summed E-state index contributed by atoms with van der Waals surface area (Å²) >= 11 is 0. The van der Waals surface area contributed by atoms with Crippen LogP contribution in [0.3, 0.4) is 0 Å². The van der Waals surface area contributed by atoms with Gasteiger partial charge >= 0.3 is 0 Å². The van der Waals surface area contributed by atoms with Gasteiger partial charge in [-0.25, -0.2) is 4.39 Å². The van der Waals surface area contributed by atoms with E-state index in [1.165, 1.54) is 12.1 Å². The van der Waals surface area contributed by atoms with E-state index in [4.69, 9.17) is 4.74 Å². The maximum absolute atomic E-state index is 13.1. The highest BCUT2D eigenvalue weighted by Gasteiger charge is 2.07. The van der Waals surface area contributed by atoms with Crippen molar-refractivity contribution in [3.8, 4) is 5.75 Å². The van der Waals surface area contributed by atoms with Gasteiger partial charge < -0.3 is 10.1 Å². The van der Waals surface area contributed by atoms with Crippen molar-refractivity contribution in [2.24, 2.45) is 5.92 Å². The fourth-order valence-corrected chi connectivity index (χ4v) is 1.75. The summed E-state index contributed by atoms with van der Waals surface area (Å²) in [5.74, 6) is 0.981. The van der Waals surface area contributed by atoms with E-state index in [-0.39, 0.29) is 5.82 Å². The van der Waals surface area contributed by atoms with Gasteiger partial charge in [0.2, 0.25) is 0 Å². The molecule has 0 aliphatic rings. The van der Waals surface area contributed by atoms with Crippen LogP contribution in [-0.2, 0) is 0 Å². The molecule has 2 nitrogen and oxygen atoms in total. The van der Waals surface area contributed by atoms with E-state index in [1.807, 2.05) is 6.92 Å². The van der Waals surface area contributed by atoms with Crippen LogP contribution in [0.15, 0.2) is 18.2 Å². The van der Waals surface area contributed by atoms with Gasteiger partial charge in [0, 0.05) is 12.6 Å². The number of hydrogen-bond donors (Lipinski definition) is 1. The summed E-state index contributed by atoms with van der Waals surface area (Å²) in [6.07, 6.45) is 2.29. The lowest BCUT2D eigenvalue weighted by atomic mass is 10.0. The fraction of sp³-hybridized carbons (Fsp3) is 0.571. The summed E-state index contributed by atoms with van der Waals surface area (Å²) in [5, 5.41) is 3.34. The first-order valence-corrected chi connectivity index (χ1v) is 6.37. The molecule has 0 saturated heterocycles. The second-order valence-electron chi connectivity index (χ2n) is 4.14. The minimum absolute atomic E-state index is 0.262. The third-order valence-electron chi connectivity index (χ3n) is 2.98. The van der Waals surface area contributed by atoms with Crippen LogP contribution in [0.1, 0.15) is 33.6 Å². The van der Waals surface area contributed by atoms with Crippen LogP contribution < -0.4 is 10.1 Å². The van der Waals surface area contributed by atoms with Crippen LogP contribution in [-0.4, -0.2) is 13.2 Å². The molecule has 1 rings (SSSR count). The molecule has 0 spiro atoms. The zero-order chi connectivity index (χ0) is 12.7. The van der Waals surface area contributed by atoms with Crippen molar-refractivity contribution in [1.82, 2.24) is 0 Å². The number of anilines is 1. The van der Waals surface area contributed by atoms with Crippen LogP contribution in [0, 0.1) is 11.7 Å². The number of ether oxygens (including phenoxy) is 1. The molecule has 17 heavy (non-hydrogen) atoms. The topological polar surface area (TPSA) is 21.3 Å². The second kappa shape index (κ2) is 7.15. The Morgan fingerprint density at radius 2 is 1.94 bits per heavy atom. The largest absolute Gasteiger partial charge is 0.492 e. The molecule has 96 valence electrons. The van der Waals surface area contributed by atoms with E-state index in [2.05, 4.69) is 19.2 Å². The Morgan fingerprint density at radius 3 is 2.53 bits per heavy atom. The lowest BCUT2D eigenvalue weighted by molar-refractivity contribution is 0.339. The van der Waals surface area contributed by atoms with Crippen LogP contribution in [0.2, 0.25) is 0 Å². The van der Waals surface area contributed by atoms with Gasteiger partial charge in [-0.05, 0) is 25.0 Å². The smallest absolute Gasteiger partial charge is 0.145 e. The first kappa shape index (κ1) is 13.8. The summed E-state index contributed by atoms with van der Waals surface area (Å²) in [6, 6.07) is 4.62. The van der Waals surface area contributed by atoms with Gasteiger partial charge in [0.25, 0.3) is 0 Å². The summed E-state index contributed by atoms with van der Waals surface area (Å²) in [5.41, 5.74) is 0.875. The minimum Gasteiger partial charge on any atom is -0.492 e.